The van der Waals surface area contributed by atoms with E-state index in [1.165, 1.54) is 12.8 Å². The summed E-state index contributed by atoms with van der Waals surface area (Å²) < 4.78 is 5.27. The van der Waals surface area contributed by atoms with Gasteiger partial charge in [-0.15, -0.1) is 0 Å². The van der Waals surface area contributed by atoms with E-state index in [-0.39, 0.29) is 5.41 Å². The summed E-state index contributed by atoms with van der Waals surface area (Å²) in [6, 6.07) is 0.511. The fraction of sp³-hybridized carbons (Fsp3) is 0.833. The third kappa shape index (κ3) is 2.61. The van der Waals surface area contributed by atoms with Gasteiger partial charge in [0.15, 0.2) is 5.82 Å². The summed E-state index contributed by atoms with van der Waals surface area (Å²) in [5.74, 6) is 1.69. The van der Waals surface area contributed by atoms with E-state index in [1.807, 2.05) is 0 Å². The summed E-state index contributed by atoms with van der Waals surface area (Å²) >= 11 is 0. The van der Waals surface area contributed by atoms with Gasteiger partial charge < -0.3 is 9.84 Å². The van der Waals surface area contributed by atoms with Crippen LogP contribution in [0.1, 0.15) is 51.7 Å². The van der Waals surface area contributed by atoms with Crippen LogP contribution in [0.2, 0.25) is 0 Å². The zero-order valence-electron chi connectivity index (χ0n) is 10.4. The Labute approximate surface area is 96.8 Å². The Kier molecular flexibility index (Phi) is 3.28. The van der Waals surface area contributed by atoms with Crippen LogP contribution in [-0.2, 0) is 11.8 Å². The predicted octanol–water partition coefficient (Wildman–Crippen LogP) is 2.05. The predicted molar refractivity (Wildman–Crippen MR) is 62.3 cm³/mol. The summed E-state index contributed by atoms with van der Waals surface area (Å²) in [5, 5.41) is 7.44. The average Bonchev–Trinajstić information content (AvgIpc) is 2.83. The van der Waals surface area contributed by atoms with Crippen LogP contribution in [0.5, 0.6) is 0 Å². The topological polar surface area (TPSA) is 51.0 Å². The molecule has 2 rings (SSSR count). The van der Waals surface area contributed by atoms with Crippen LogP contribution in [-0.4, -0.2) is 22.7 Å². The normalized spacial score (nSPS) is 19.7. The SMILES string of the molecule is CCNC(C)CCc1nc(C2(C)CC2)no1. The first-order chi connectivity index (χ1) is 7.64. The van der Waals surface area contributed by atoms with E-state index in [0.717, 1.165) is 31.1 Å². The van der Waals surface area contributed by atoms with E-state index in [2.05, 4.69) is 36.2 Å². The van der Waals surface area contributed by atoms with Crippen LogP contribution < -0.4 is 5.32 Å². The fourth-order valence-electron chi connectivity index (χ4n) is 1.80. The van der Waals surface area contributed by atoms with Gasteiger partial charge in [-0.1, -0.05) is 19.0 Å². The number of nitrogens with zero attached hydrogens (tertiary/aromatic N) is 2. The Morgan fingerprint density at radius 3 is 2.88 bits per heavy atom. The molecule has 1 unspecified atom stereocenters. The molecule has 1 aromatic rings. The molecule has 1 aliphatic rings. The highest BCUT2D eigenvalue weighted by Gasteiger charge is 2.43. The van der Waals surface area contributed by atoms with E-state index in [4.69, 9.17) is 4.52 Å². The first-order valence-corrected chi connectivity index (χ1v) is 6.20. The third-order valence-corrected chi connectivity index (χ3v) is 3.35. The lowest BCUT2D eigenvalue weighted by Gasteiger charge is -2.09. The molecule has 0 radical (unpaired) electrons. The molecule has 1 N–H and O–H groups in total. The summed E-state index contributed by atoms with van der Waals surface area (Å²) in [6.45, 7) is 7.51. The molecule has 16 heavy (non-hydrogen) atoms. The number of aromatic nitrogens is 2. The van der Waals surface area contributed by atoms with Crippen molar-refractivity contribution in [1.82, 2.24) is 15.5 Å². The maximum absolute atomic E-state index is 5.27. The molecular formula is C12H21N3O. The van der Waals surface area contributed by atoms with Gasteiger partial charge in [0.2, 0.25) is 5.89 Å². The molecule has 1 fully saturated rings. The van der Waals surface area contributed by atoms with Crippen molar-refractivity contribution >= 4 is 0 Å². The second-order valence-electron chi connectivity index (χ2n) is 5.07. The largest absolute Gasteiger partial charge is 0.339 e. The van der Waals surface area contributed by atoms with Crippen LogP contribution in [0.4, 0.5) is 0 Å². The molecule has 0 aromatic carbocycles. The minimum atomic E-state index is 0.217. The van der Waals surface area contributed by atoms with Crippen molar-refractivity contribution in [2.75, 3.05) is 6.54 Å². The van der Waals surface area contributed by atoms with Gasteiger partial charge in [-0.05, 0) is 32.7 Å². The maximum atomic E-state index is 5.27. The molecule has 0 saturated heterocycles. The average molecular weight is 223 g/mol. The van der Waals surface area contributed by atoms with E-state index >= 15 is 0 Å². The van der Waals surface area contributed by atoms with Crippen LogP contribution >= 0.6 is 0 Å². The van der Waals surface area contributed by atoms with Gasteiger partial charge in [-0.2, -0.15) is 4.98 Å². The van der Waals surface area contributed by atoms with Crippen molar-refractivity contribution in [2.24, 2.45) is 0 Å². The van der Waals surface area contributed by atoms with Crippen molar-refractivity contribution in [3.63, 3.8) is 0 Å². The Bertz CT molecular complexity index is 344. The Morgan fingerprint density at radius 2 is 2.25 bits per heavy atom. The molecule has 1 heterocycles. The standard InChI is InChI=1S/C12H21N3O/c1-4-13-9(2)5-6-10-14-11(15-16-10)12(3)7-8-12/h9,13H,4-8H2,1-3H3. The van der Waals surface area contributed by atoms with Crippen molar-refractivity contribution in [3.05, 3.63) is 11.7 Å². The summed E-state index contributed by atoms with van der Waals surface area (Å²) in [6.07, 6.45) is 4.31. The van der Waals surface area contributed by atoms with Gasteiger partial charge in [0.1, 0.15) is 0 Å². The fourth-order valence-corrected chi connectivity index (χ4v) is 1.80. The lowest BCUT2D eigenvalue weighted by atomic mass is 10.1. The van der Waals surface area contributed by atoms with Crippen molar-refractivity contribution in [3.8, 4) is 0 Å². The molecular weight excluding hydrogens is 202 g/mol. The lowest BCUT2D eigenvalue weighted by molar-refractivity contribution is 0.360. The third-order valence-electron chi connectivity index (χ3n) is 3.35. The quantitative estimate of drug-likeness (QED) is 0.802. The highest BCUT2D eigenvalue weighted by Crippen LogP contribution is 2.45. The van der Waals surface area contributed by atoms with Crippen LogP contribution in [0.25, 0.3) is 0 Å². The highest BCUT2D eigenvalue weighted by molar-refractivity contribution is 5.14. The molecule has 1 atom stereocenters. The van der Waals surface area contributed by atoms with E-state index < -0.39 is 0 Å². The number of hydrogen-bond acceptors (Lipinski definition) is 4. The molecule has 0 spiro atoms. The number of hydrogen-bond donors (Lipinski definition) is 1. The minimum Gasteiger partial charge on any atom is -0.339 e. The summed E-state index contributed by atoms with van der Waals surface area (Å²) in [4.78, 5) is 4.47. The Morgan fingerprint density at radius 1 is 1.50 bits per heavy atom. The van der Waals surface area contributed by atoms with E-state index in [9.17, 15) is 0 Å². The molecule has 90 valence electrons. The van der Waals surface area contributed by atoms with E-state index in [0.29, 0.717) is 6.04 Å². The molecule has 1 saturated carbocycles. The number of aryl methyl sites for hydroxylation is 1. The maximum Gasteiger partial charge on any atom is 0.226 e. The molecule has 4 nitrogen and oxygen atoms in total. The van der Waals surface area contributed by atoms with Gasteiger partial charge in [0.25, 0.3) is 0 Å². The van der Waals surface area contributed by atoms with Gasteiger partial charge in [-0.25, -0.2) is 0 Å². The van der Waals surface area contributed by atoms with Crippen LogP contribution in [0, 0.1) is 0 Å². The molecule has 0 amide bonds. The van der Waals surface area contributed by atoms with Gasteiger partial charge in [0.05, 0.1) is 0 Å². The minimum absolute atomic E-state index is 0.217. The molecule has 0 aliphatic heterocycles. The second-order valence-corrected chi connectivity index (χ2v) is 5.07. The van der Waals surface area contributed by atoms with Crippen LogP contribution in [0.15, 0.2) is 4.52 Å². The zero-order valence-corrected chi connectivity index (χ0v) is 10.4. The molecule has 1 aliphatic carbocycles. The monoisotopic (exact) mass is 223 g/mol. The number of nitrogens with one attached hydrogen (secondary N) is 1. The van der Waals surface area contributed by atoms with Crippen molar-refractivity contribution < 1.29 is 4.52 Å². The van der Waals surface area contributed by atoms with Crippen molar-refractivity contribution in [2.45, 2.75) is 57.9 Å². The summed E-state index contributed by atoms with van der Waals surface area (Å²) in [7, 11) is 0. The smallest absolute Gasteiger partial charge is 0.226 e. The Balaban J connectivity index is 1.83. The number of rotatable bonds is 6. The summed E-state index contributed by atoms with van der Waals surface area (Å²) in [5.41, 5.74) is 0.217. The van der Waals surface area contributed by atoms with Gasteiger partial charge in [-0.3, -0.25) is 0 Å². The van der Waals surface area contributed by atoms with E-state index in [1.54, 1.807) is 0 Å². The van der Waals surface area contributed by atoms with Gasteiger partial charge >= 0.3 is 0 Å². The van der Waals surface area contributed by atoms with Crippen molar-refractivity contribution in [1.29, 1.82) is 0 Å². The zero-order chi connectivity index (χ0) is 11.6. The molecule has 0 bridgehead atoms. The lowest BCUT2D eigenvalue weighted by Crippen LogP contribution is -2.25. The highest BCUT2D eigenvalue weighted by atomic mass is 16.5. The Hall–Kier alpha value is -0.900. The van der Waals surface area contributed by atoms with Crippen LogP contribution in [0.3, 0.4) is 0 Å². The second kappa shape index (κ2) is 4.53. The molecule has 1 aromatic heterocycles. The molecule has 4 heteroatoms. The first kappa shape index (κ1) is 11.6. The first-order valence-electron chi connectivity index (χ1n) is 6.20. The van der Waals surface area contributed by atoms with Gasteiger partial charge in [0, 0.05) is 17.9 Å².